The first kappa shape index (κ1) is 16.0. The molecule has 0 aromatic heterocycles. The number of hydrogen-bond donors (Lipinski definition) is 0. The topological polar surface area (TPSA) is 9.72 Å². The zero-order chi connectivity index (χ0) is 16.9. The van der Waals surface area contributed by atoms with E-state index in [1.54, 1.807) is 0 Å². The Bertz CT molecular complexity index is 760. The fraction of sp³-hybridized carbons (Fsp3) is 0.474. The Morgan fingerprint density at radius 2 is 1.65 bits per heavy atom. The molecule has 3 nitrogen and oxygen atoms in total. The Morgan fingerprint density at radius 3 is 2.17 bits per heavy atom. The molecule has 3 rings (SSSR count). The van der Waals surface area contributed by atoms with Gasteiger partial charge in [0, 0.05) is 30.4 Å². The predicted molar refractivity (Wildman–Crippen MR) is 99.3 cm³/mol. The predicted octanol–water partition coefficient (Wildman–Crippen LogP) is 2.47. The number of hydrogen-bond acceptors (Lipinski definition) is 3. The van der Waals surface area contributed by atoms with E-state index < -0.39 is 0 Å². The van der Waals surface area contributed by atoms with Crippen LogP contribution < -0.4 is 10.4 Å². The van der Waals surface area contributed by atoms with Crippen LogP contribution in [0.1, 0.15) is 34.6 Å². The first-order chi connectivity index (χ1) is 10.7. The van der Waals surface area contributed by atoms with Crippen molar-refractivity contribution < 1.29 is 0 Å². The molecular formula is C19H28BN3. The van der Waals surface area contributed by atoms with E-state index in [0.29, 0.717) is 13.0 Å². The van der Waals surface area contributed by atoms with Gasteiger partial charge >= 0.3 is 6.85 Å². The molecule has 2 aliphatic rings. The van der Waals surface area contributed by atoms with E-state index >= 15 is 0 Å². The first-order valence-corrected chi connectivity index (χ1v) is 8.52. The maximum atomic E-state index is 2.47. The van der Waals surface area contributed by atoms with Crippen molar-refractivity contribution in [2.45, 2.75) is 47.6 Å². The third-order valence-corrected chi connectivity index (χ3v) is 5.22. The van der Waals surface area contributed by atoms with Crippen LogP contribution in [-0.4, -0.2) is 34.9 Å². The van der Waals surface area contributed by atoms with Gasteiger partial charge in [-0.05, 0) is 24.5 Å². The second-order valence-electron chi connectivity index (χ2n) is 7.79. The normalized spacial score (nSPS) is 21.4. The van der Waals surface area contributed by atoms with E-state index in [-0.39, 0.29) is 5.41 Å². The van der Waals surface area contributed by atoms with Crippen LogP contribution in [0.2, 0.25) is 6.82 Å². The molecule has 0 N–H and O–H groups in total. The third-order valence-electron chi connectivity index (χ3n) is 5.22. The Kier molecular flexibility index (Phi) is 3.74. The summed E-state index contributed by atoms with van der Waals surface area (Å²) in [4.78, 5) is 4.71. The highest BCUT2D eigenvalue weighted by Gasteiger charge is 2.38. The van der Waals surface area contributed by atoms with E-state index in [4.69, 9.17) is 0 Å². The van der Waals surface area contributed by atoms with E-state index in [9.17, 15) is 0 Å². The van der Waals surface area contributed by atoms with Gasteiger partial charge in [-0.15, -0.1) is 0 Å². The quantitative estimate of drug-likeness (QED) is 0.738. The minimum atomic E-state index is 0.132. The summed E-state index contributed by atoms with van der Waals surface area (Å²) in [6, 6.07) is 8.84. The summed E-state index contributed by atoms with van der Waals surface area (Å²) in [7, 11) is 2.13. The van der Waals surface area contributed by atoms with Crippen LogP contribution in [0.4, 0.5) is 0 Å². The Morgan fingerprint density at radius 1 is 1.04 bits per heavy atom. The monoisotopic (exact) mass is 309 g/mol. The van der Waals surface area contributed by atoms with Crippen LogP contribution in [0.5, 0.6) is 0 Å². The smallest absolute Gasteiger partial charge is 0.307 e. The van der Waals surface area contributed by atoms with Crippen molar-refractivity contribution in [3.05, 3.63) is 47.1 Å². The highest BCUT2D eigenvalue weighted by molar-refractivity contribution is 6.75. The molecule has 0 unspecified atom stereocenters. The molecule has 0 spiro atoms. The van der Waals surface area contributed by atoms with Gasteiger partial charge < -0.3 is 9.82 Å². The maximum Gasteiger partial charge on any atom is 0.307 e. The molecule has 0 saturated carbocycles. The Labute approximate surface area is 140 Å². The lowest BCUT2D eigenvalue weighted by Crippen LogP contribution is -2.58. The first-order valence-electron chi connectivity index (χ1n) is 8.52. The average Bonchev–Trinajstić information content (AvgIpc) is 2.78. The van der Waals surface area contributed by atoms with Gasteiger partial charge in [0.25, 0.3) is 0 Å². The van der Waals surface area contributed by atoms with Crippen molar-refractivity contribution >= 4 is 18.0 Å². The molecule has 1 atom stereocenters. The molecule has 0 radical (unpaired) electrons. The van der Waals surface area contributed by atoms with Crippen molar-refractivity contribution in [3.63, 3.8) is 0 Å². The lowest BCUT2D eigenvalue weighted by atomic mass is 9.48. The van der Waals surface area contributed by atoms with E-state index in [1.165, 1.54) is 21.6 Å². The van der Waals surface area contributed by atoms with Crippen LogP contribution in [0.15, 0.2) is 36.7 Å². The molecule has 0 amide bonds. The largest absolute Gasteiger partial charge is 0.358 e. The van der Waals surface area contributed by atoms with Gasteiger partial charge in [0.05, 0.1) is 0 Å². The summed E-state index contributed by atoms with van der Waals surface area (Å²) >= 11 is 0. The standard InChI is InChI=1S/C19H28BN3/c1-14-16-10-8-9-11-17(16)18(19(3,4)5)20(6)23(14)22-13-12-21(7)15(22)2/h8-13,15H,1-7H3/t15-/m0/s1. The van der Waals surface area contributed by atoms with Gasteiger partial charge in [0.1, 0.15) is 6.17 Å². The molecule has 0 fully saturated rings. The fourth-order valence-corrected chi connectivity index (χ4v) is 4.06. The van der Waals surface area contributed by atoms with Gasteiger partial charge in [-0.1, -0.05) is 57.3 Å². The Hall–Kier alpha value is -1.84. The van der Waals surface area contributed by atoms with Crippen molar-refractivity contribution in [3.8, 4) is 0 Å². The highest BCUT2D eigenvalue weighted by atomic mass is 15.7. The molecule has 1 aromatic rings. The molecule has 2 heterocycles. The SMILES string of the molecule is CB1C(C(C)(C)C)=c2ccccc2=C(C)N1N1C=CN(C)[C@@H]1C. The summed E-state index contributed by atoms with van der Waals surface area (Å²) in [6.07, 6.45) is 4.68. The molecule has 4 heteroatoms. The molecule has 23 heavy (non-hydrogen) atoms. The summed E-state index contributed by atoms with van der Waals surface area (Å²) in [6.45, 7) is 14.1. The van der Waals surface area contributed by atoms with Crippen LogP contribution in [0.3, 0.4) is 0 Å². The minimum absolute atomic E-state index is 0.132. The van der Waals surface area contributed by atoms with Gasteiger partial charge in [0.2, 0.25) is 0 Å². The summed E-state index contributed by atoms with van der Waals surface area (Å²) < 4.78 is 0. The van der Waals surface area contributed by atoms with Gasteiger partial charge in [-0.25, -0.2) is 0 Å². The number of hydrazine groups is 1. The van der Waals surface area contributed by atoms with Gasteiger partial charge in [0.15, 0.2) is 0 Å². The maximum absolute atomic E-state index is 2.47. The molecule has 1 aromatic carbocycles. The Balaban J connectivity index is 2.25. The van der Waals surface area contributed by atoms with Crippen LogP contribution in [-0.2, 0) is 0 Å². The summed E-state index contributed by atoms with van der Waals surface area (Å²) in [5.41, 5.74) is 2.97. The molecule has 0 bridgehead atoms. The number of fused-ring (bicyclic) bond motifs is 1. The lowest BCUT2D eigenvalue weighted by Gasteiger charge is -2.46. The highest BCUT2D eigenvalue weighted by Crippen LogP contribution is 2.33. The van der Waals surface area contributed by atoms with Crippen molar-refractivity contribution in [1.82, 2.24) is 14.8 Å². The molecule has 122 valence electrons. The second kappa shape index (κ2) is 5.36. The van der Waals surface area contributed by atoms with Crippen molar-refractivity contribution in [2.75, 3.05) is 7.05 Å². The number of rotatable bonds is 1. The zero-order valence-electron chi connectivity index (χ0n) is 15.5. The molecule has 0 aliphatic carbocycles. The average molecular weight is 309 g/mol. The van der Waals surface area contributed by atoms with Crippen LogP contribution >= 0.6 is 0 Å². The molecule has 2 aliphatic heterocycles. The number of nitrogens with zero attached hydrogens (tertiary/aromatic N) is 3. The zero-order valence-corrected chi connectivity index (χ0v) is 15.5. The lowest BCUT2D eigenvalue weighted by molar-refractivity contribution is 0.0789. The summed E-state index contributed by atoms with van der Waals surface area (Å²) in [5, 5.41) is 5.12. The minimum Gasteiger partial charge on any atom is -0.358 e. The van der Waals surface area contributed by atoms with Gasteiger partial charge in [-0.3, -0.25) is 5.01 Å². The fourth-order valence-electron chi connectivity index (χ4n) is 4.06. The van der Waals surface area contributed by atoms with Crippen molar-refractivity contribution in [2.24, 2.45) is 5.41 Å². The molecular weight excluding hydrogens is 281 g/mol. The van der Waals surface area contributed by atoms with E-state index in [2.05, 4.69) is 100.0 Å². The van der Waals surface area contributed by atoms with Crippen LogP contribution in [0, 0.1) is 5.41 Å². The van der Waals surface area contributed by atoms with Crippen molar-refractivity contribution in [1.29, 1.82) is 0 Å². The summed E-state index contributed by atoms with van der Waals surface area (Å²) in [5.74, 6) is 0. The third kappa shape index (κ3) is 2.45. The van der Waals surface area contributed by atoms with E-state index in [1.807, 2.05) is 0 Å². The van der Waals surface area contributed by atoms with E-state index in [0.717, 1.165) is 0 Å². The number of benzene rings is 1. The van der Waals surface area contributed by atoms with Gasteiger partial charge in [-0.2, -0.15) is 0 Å². The molecule has 0 saturated heterocycles. The van der Waals surface area contributed by atoms with Crippen LogP contribution in [0.25, 0.3) is 11.2 Å². The second-order valence-corrected chi connectivity index (χ2v) is 7.79.